The van der Waals surface area contributed by atoms with Crippen molar-refractivity contribution in [2.24, 2.45) is 0 Å². The van der Waals surface area contributed by atoms with Crippen LogP contribution in [0, 0.1) is 5.82 Å². The van der Waals surface area contributed by atoms with E-state index in [9.17, 15) is 4.39 Å². The summed E-state index contributed by atoms with van der Waals surface area (Å²) in [5.41, 5.74) is 2.82. The molecule has 188 valence electrons. The highest BCUT2D eigenvalue weighted by atomic mass is 28.3. The topological polar surface area (TPSA) is 89.8 Å². The second kappa shape index (κ2) is 11.4. The van der Waals surface area contributed by atoms with E-state index >= 15 is 0 Å². The van der Waals surface area contributed by atoms with E-state index in [1.54, 1.807) is 35.4 Å². The van der Waals surface area contributed by atoms with Gasteiger partial charge in [-0.05, 0) is 48.4 Å². The Morgan fingerprint density at radius 3 is 2.50 bits per heavy atom. The average Bonchev–Trinajstić information content (AvgIpc) is 3.31. The van der Waals surface area contributed by atoms with Crippen molar-refractivity contribution in [3.8, 4) is 11.1 Å². The van der Waals surface area contributed by atoms with Gasteiger partial charge in [-0.15, -0.1) is 0 Å². The molecule has 10 heteroatoms. The lowest BCUT2D eigenvalue weighted by Gasteiger charge is -2.17. The number of halogens is 1. The molecule has 3 aromatic heterocycles. The van der Waals surface area contributed by atoms with E-state index in [0.717, 1.165) is 29.3 Å². The Balaban J connectivity index is 1.54. The third kappa shape index (κ3) is 7.43. The van der Waals surface area contributed by atoms with E-state index in [-0.39, 0.29) is 11.9 Å². The third-order valence-electron chi connectivity index (χ3n) is 5.57. The van der Waals surface area contributed by atoms with Gasteiger partial charge in [0.1, 0.15) is 30.0 Å². The van der Waals surface area contributed by atoms with E-state index in [2.05, 4.69) is 45.3 Å². The minimum absolute atomic E-state index is 0.0831. The molecule has 36 heavy (non-hydrogen) atoms. The van der Waals surface area contributed by atoms with Crippen molar-refractivity contribution in [3.63, 3.8) is 0 Å². The summed E-state index contributed by atoms with van der Waals surface area (Å²) < 4.78 is 21.0. The lowest BCUT2D eigenvalue weighted by atomic mass is 10.1. The summed E-state index contributed by atoms with van der Waals surface area (Å²) in [6, 6.07) is 11.4. The fraction of sp³-hybridized carbons (Fsp3) is 0.308. The molecule has 1 aromatic carbocycles. The summed E-state index contributed by atoms with van der Waals surface area (Å²) in [4.78, 5) is 13.1. The quantitative estimate of drug-likeness (QED) is 0.188. The molecule has 0 saturated heterocycles. The van der Waals surface area contributed by atoms with Gasteiger partial charge in [0.15, 0.2) is 0 Å². The summed E-state index contributed by atoms with van der Waals surface area (Å²) in [5, 5.41) is 11.1. The number of aromatic nitrogens is 5. The fourth-order valence-corrected chi connectivity index (χ4v) is 4.26. The van der Waals surface area contributed by atoms with E-state index in [0.29, 0.717) is 24.2 Å². The van der Waals surface area contributed by atoms with Crippen LogP contribution in [0.25, 0.3) is 11.1 Å². The van der Waals surface area contributed by atoms with Crippen LogP contribution in [0.5, 0.6) is 0 Å². The molecule has 4 aromatic rings. The number of ether oxygens (including phenoxy) is 1. The summed E-state index contributed by atoms with van der Waals surface area (Å²) in [6.45, 7) is 10.2. The molecule has 1 unspecified atom stereocenters. The Morgan fingerprint density at radius 2 is 1.78 bits per heavy atom. The molecule has 8 nitrogen and oxygen atoms in total. The maximum atomic E-state index is 13.4. The Labute approximate surface area is 212 Å². The fourth-order valence-electron chi connectivity index (χ4n) is 3.51. The summed E-state index contributed by atoms with van der Waals surface area (Å²) >= 11 is 0. The predicted octanol–water partition coefficient (Wildman–Crippen LogP) is 6.10. The number of anilines is 3. The molecule has 0 saturated carbocycles. The number of nitrogens with zero attached hydrogens (tertiary/aromatic N) is 5. The number of benzene rings is 1. The molecule has 1 atom stereocenters. The minimum atomic E-state index is -1.13. The third-order valence-corrected chi connectivity index (χ3v) is 7.27. The van der Waals surface area contributed by atoms with E-state index in [4.69, 9.17) is 9.72 Å². The Kier molecular flexibility index (Phi) is 8.06. The normalized spacial score (nSPS) is 12.4. The van der Waals surface area contributed by atoms with Gasteiger partial charge in [-0.3, -0.25) is 4.98 Å². The number of hydrogen-bond acceptors (Lipinski definition) is 7. The first-order chi connectivity index (χ1) is 17.2. The standard InChI is InChI=1S/C26H32FN7OSi/c1-19(20-5-7-23(27)8-6-20)31-24-13-21(14-25(32-24)33-26-16-28-9-10-29-26)22-15-30-34(17-22)18-35-11-12-36(2,3)4/h5-10,13-17,19H,11-12,18H2,1-4H3,(H2,29,31,32,33). The first kappa shape index (κ1) is 25.5. The zero-order valence-corrected chi connectivity index (χ0v) is 22.1. The molecule has 0 amide bonds. The molecule has 0 bridgehead atoms. The highest BCUT2D eigenvalue weighted by Crippen LogP contribution is 2.28. The Morgan fingerprint density at radius 1 is 1.00 bits per heavy atom. The number of rotatable bonds is 11. The molecular weight excluding hydrogens is 473 g/mol. The van der Waals surface area contributed by atoms with Crippen molar-refractivity contribution in [2.45, 2.75) is 45.4 Å². The SMILES string of the molecule is CC(Nc1cc(-c2cnn(COCC[Si](C)(C)C)c2)cc(Nc2cnccn2)n1)c1ccc(F)cc1. The van der Waals surface area contributed by atoms with Crippen LogP contribution in [0.15, 0.2) is 67.4 Å². The molecule has 0 aliphatic carbocycles. The number of hydrogen-bond donors (Lipinski definition) is 2. The molecule has 0 aliphatic heterocycles. The van der Waals surface area contributed by atoms with Crippen LogP contribution in [0.2, 0.25) is 25.7 Å². The van der Waals surface area contributed by atoms with Crippen LogP contribution in [0.3, 0.4) is 0 Å². The molecule has 0 fully saturated rings. The highest BCUT2D eigenvalue weighted by Gasteiger charge is 2.13. The molecular formula is C26H32FN7OSi. The molecule has 0 spiro atoms. The first-order valence-corrected chi connectivity index (χ1v) is 15.6. The molecule has 4 rings (SSSR count). The predicted molar refractivity (Wildman–Crippen MR) is 143 cm³/mol. The van der Waals surface area contributed by atoms with Crippen LogP contribution in [0.4, 0.5) is 21.8 Å². The van der Waals surface area contributed by atoms with Crippen molar-refractivity contribution < 1.29 is 9.13 Å². The molecule has 0 radical (unpaired) electrons. The van der Waals surface area contributed by atoms with Gasteiger partial charge < -0.3 is 15.4 Å². The Hall–Kier alpha value is -3.63. The monoisotopic (exact) mass is 505 g/mol. The molecule has 2 N–H and O–H groups in total. The van der Waals surface area contributed by atoms with Crippen LogP contribution in [0.1, 0.15) is 18.5 Å². The summed E-state index contributed by atoms with van der Waals surface area (Å²) in [6.07, 6.45) is 8.65. The zero-order valence-electron chi connectivity index (χ0n) is 21.1. The van der Waals surface area contributed by atoms with E-state index < -0.39 is 8.07 Å². The lowest BCUT2D eigenvalue weighted by Crippen LogP contribution is -2.22. The minimum Gasteiger partial charge on any atom is -0.363 e. The van der Waals surface area contributed by atoms with E-state index in [1.165, 1.54) is 12.1 Å². The van der Waals surface area contributed by atoms with Gasteiger partial charge in [-0.1, -0.05) is 31.8 Å². The van der Waals surface area contributed by atoms with Crippen molar-refractivity contribution in [1.82, 2.24) is 24.7 Å². The molecule has 0 aliphatic rings. The average molecular weight is 506 g/mol. The van der Waals surface area contributed by atoms with Crippen LogP contribution in [-0.4, -0.2) is 39.4 Å². The molecule has 3 heterocycles. The van der Waals surface area contributed by atoms with Crippen LogP contribution in [-0.2, 0) is 11.5 Å². The zero-order chi connectivity index (χ0) is 25.5. The maximum absolute atomic E-state index is 13.4. The van der Waals surface area contributed by atoms with Gasteiger partial charge in [0.2, 0.25) is 0 Å². The summed E-state index contributed by atoms with van der Waals surface area (Å²) in [7, 11) is -1.13. The van der Waals surface area contributed by atoms with Crippen molar-refractivity contribution in [3.05, 3.63) is 78.8 Å². The smallest absolute Gasteiger partial charge is 0.150 e. The van der Waals surface area contributed by atoms with Crippen LogP contribution >= 0.6 is 0 Å². The van der Waals surface area contributed by atoms with Gasteiger partial charge >= 0.3 is 0 Å². The van der Waals surface area contributed by atoms with Crippen molar-refractivity contribution in [2.75, 3.05) is 17.2 Å². The summed E-state index contributed by atoms with van der Waals surface area (Å²) in [5.74, 6) is 1.60. The van der Waals surface area contributed by atoms with Gasteiger partial charge in [0.25, 0.3) is 0 Å². The van der Waals surface area contributed by atoms with Gasteiger partial charge in [-0.2, -0.15) is 5.10 Å². The number of pyridine rings is 1. The largest absolute Gasteiger partial charge is 0.363 e. The van der Waals surface area contributed by atoms with Crippen LogP contribution < -0.4 is 10.6 Å². The second-order valence-corrected chi connectivity index (χ2v) is 15.5. The second-order valence-electron chi connectivity index (χ2n) is 9.88. The number of nitrogens with one attached hydrogen (secondary N) is 2. The first-order valence-electron chi connectivity index (χ1n) is 11.9. The van der Waals surface area contributed by atoms with Crippen molar-refractivity contribution >= 4 is 25.5 Å². The maximum Gasteiger partial charge on any atom is 0.150 e. The van der Waals surface area contributed by atoms with Gasteiger partial charge in [-0.25, -0.2) is 19.0 Å². The highest BCUT2D eigenvalue weighted by molar-refractivity contribution is 6.76. The lowest BCUT2D eigenvalue weighted by molar-refractivity contribution is 0.0786. The van der Waals surface area contributed by atoms with Crippen molar-refractivity contribution in [1.29, 1.82) is 0 Å². The van der Waals surface area contributed by atoms with Gasteiger partial charge in [0.05, 0.1) is 12.4 Å². The Bertz CT molecular complexity index is 1260. The van der Waals surface area contributed by atoms with Gasteiger partial charge in [0, 0.05) is 44.9 Å². The van der Waals surface area contributed by atoms with E-state index in [1.807, 2.05) is 31.5 Å².